The Morgan fingerprint density at radius 1 is 1.07 bits per heavy atom. The van der Waals surface area contributed by atoms with Gasteiger partial charge in [-0.25, -0.2) is 4.98 Å². The Morgan fingerprint density at radius 2 is 1.78 bits per heavy atom. The molecule has 0 atom stereocenters. The summed E-state index contributed by atoms with van der Waals surface area (Å²) in [4.78, 5) is 8.40. The number of nitrogen functional groups attached to an aromatic ring is 1. The molecule has 0 saturated heterocycles. The number of nitrogens with one attached hydrogen (secondary N) is 1. The topological polar surface area (TPSA) is 96.4 Å². The number of nitrogens with zero attached hydrogens (tertiary/aromatic N) is 3. The van der Waals surface area contributed by atoms with Crippen LogP contribution in [0.5, 0.6) is 0 Å². The normalized spacial score (nSPS) is 11.5. The molecule has 0 fully saturated rings. The lowest BCUT2D eigenvalue weighted by Gasteiger charge is -2.11. The van der Waals surface area contributed by atoms with Crippen LogP contribution in [0.25, 0.3) is 11.3 Å². The van der Waals surface area contributed by atoms with Crippen molar-refractivity contribution >= 4 is 58.0 Å². The van der Waals surface area contributed by atoms with E-state index in [1.807, 2.05) is 24.3 Å². The van der Waals surface area contributed by atoms with Gasteiger partial charge in [0.25, 0.3) is 0 Å². The van der Waals surface area contributed by atoms with Crippen molar-refractivity contribution in [1.29, 1.82) is 0 Å². The maximum atomic E-state index is 8.84. The first kappa shape index (κ1) is 19.2. The average molecular weight is 423 g/mol. The second kappa shape index (κ2) is 8.00. The van der Waals surface area contributed by atoms with Gasteiger partial charge in [0.15, 0.2) is 0 Å². The van der Waals surface area contributed by atoms with Crippen LogP contribution >= 0.6 is 34.8 Å². The number of anilines is 3. The van der Waals surface area contributed by atoms with Crippen molar-refractivity contribution in [3.63, 3.8) is 0 Å². The van der Waals surface area contributed by atoms with Crippen molar-refractivity contribution < 1.29 is 5.21 Å². The molecule has 138 valence electrons. The Hall–Kier alpha value is -2.54. The van der Waals surface area contributed by atoms with Gasteiger partial charge in [-0.2, -0.15) is 4.98 Å². The Labute approximate surface area is 170 Å². The van der Waals surface area contributed by atoms with Gasteiger partial charge >= 0.3 is 0 Å². The van der Waals surface area contributed by atoms with Crippen LogP contribution < -0.4 is 11.1 Å². The smallest absolute Gasteiger partial charge is 0.222 e. The fourth-order valence-corrected chi connectivity index (χ4v) is 3.11. The molecular weight excluding hydrogens is 409 g/mol. The highest BCUT2D eigenvalue weighted by atomic mass is 35.5. The number of nitrogens with two attached hydrogens (primary N) is 1. The molecule has 0 aliphatic rings. The van der Waals surface area contributed by atoms with E-state index in [0.717, 1.165) is 11.3 Å². The maximum absolute atomic E-state index is 8.84. The van der Waals surface area contributed by atoms with Gasteiger partial charge < -0.3 is 16.3 Å². The third-order valence-corrected chi connectivity index (χ3v) is 4.76. The molecule has 27 heavy (non-hydrogen) atoms. The summed E-state index contributed by atoms with van der Waals surface area (Å²) >= 11 is 18.5. The molecule has 0 amide bonds. The quantitative estimate of drug-likeness (QED) is 0.219. The van der Waals surface area contributed by atoms with Gasteiger partial charge in [-0.3, -0.25) is 0 Å². The minimum atomic E-state index is 0.0713. The minimum absolute atomic E-state index is 0.0713. The van der Waals surface area contributed by atoms with Crippen molar-refractivity contribution in [2.24, 2.45) is 5.16 Å². The lowest BCUT2D eigenvalue weighted by Crippen LogP contribution is -2.02. The van der Waals surface area contributed by atoms with Crippen molar-refractivity contribution in [2.45, 2.75) is 6.92 Å². The first-order chi connectivity index (χ1) is 12.9. The van der Waals surface area contributed by atoms with Crippen LogP contribution in [0.4, 0.5) is 17.5 Å². The number of hydrogen-bond donors (Lipinski definition) is 3. The van der Waals surface area contributed by atoms with E-state index in [9.17, 15) is 0 Å². The van der Waals surface area contributed by atoms with Gasteiger partial charge in [0.05, 0.1) is 21.5 Å². The van der Waals surface area contributed by atoms with Gasteiger partial charge in [0.2, 0.25) is 5.95 Å². The lowest BCUT2D eigenvalue weighted by molar-refractivity contribution is 0.319. The lowest BCUT2D eigenvalue weighted by atomic mass is 10.1. The van der Waals surface area contributed by atoms with Gasteiger partial charge in [-0.05, 0) is 36.8 Å². The summed E-state index contributed by atoms with van der Waals surface area (Å²) in [6.07, 6.45) is 0. The maximum Gasteiger partial charge on any atom is 0.222 e. The van der Waals surface area contributed by atoms with E-state index in [1.54, 1.807) is 25.1 Å². The molecular formula is C18H14Cl3N5O. The molecule has 3 rings (SSSR count). The summed E-state index contributed by atoms with van der Waals surface area (Å²) in [6, 6.07) is 12.2. The highest BCUT2D eigenvalue weighted by molar-refractivity contribution is 6.45. The van der Waals surface area contributed by atoms with Gasteiger partial charge in [0.1, 0.15) is 5.82 Å². The summed E-state index contributed by atoms with van der Waals surface area (Å²) in [5.41, 5.74) is 8.96. The molecule has 0 unspecified atom stereocenters. The van der Waals surface area contributed by atoms with E-state index < -0.39 is 0 Å². The first-order valence-electron chi connectivity index (χ1n) is 7.73. The highest BCUT2D eigenvalue weighted by Crippen LogP contribution is 2.36. The number of hydrogen-bond acceptors (Lipinski definition) is 6. The summed E-state index contributed by atoms with van der Waals surface area (Å²) in [5.74, 6) is 0.548. The van der Waals surface area contributed by atoms with E-state index in [1.165, 1.54) is 0 Å². The minimum Gasteiger partial charge on any atom is -0.411 e. The molecule has 4 N–H and O–H groups in total. The van der Waals surface area contributed by atoms with E-state index in [0.29, 0.717) is 37.9 Å². The Kier molecular flexibility index (Phi) is 5.70. The standard InChI is InChI=1S/C18H14Cl3N5O/c1-9(26-27)10-2-4-12(5-3-10)23-16-8-15(24-18(22)25-16)13-6-11(19)7-14(20)17(13)21/h2-8,27H,1H3,(H3,22,23,24,25)/b26-9-. The average Bonchev–Trinajstić information content (AvgIpc) is 2.64. The number of benzene rings is 2. The van der Waals surface area contributed by atoms with Crippen molar-refractivity contribution in [3.8, 4) is 11.3 Å². The Bertz CT molecular complexity index is 1020. The molecule has 2 aromatic carbocycles. The van der Waals surface area contributed by atoms with Gasteiger partial charge in [-0.15, -0.1) is 0 Å². The van der Waals surface area contributed by atoms with Crippen LogP contribution in [0.3, 0.4) is 0 Å². The summed E-state index contributed by atoms with van der Waals surface area (Å²) in [5, 5.41) is 16.2. The summed E-state index contributed by atoms with van der Waals surface area (Å²) in [6.45, 7) is 1.71. The van der Waals surface area contributed by atoms with Crippen molar-refractivity contribution in [3.05, 3.63) is 63.1 Å². The molecule has 3 aromatic rings. The number of aromatic nitrogens is 2. The Balaban J connectivity index is 1.95. The summed E-state index contributed by atoms with van der Waals surface area (Å²) < 4.78 is 0. The molecule has 9 heteroatoms. The molecule has 0 radical (unpaired) electrons. The first-order valence-corrected chi connectivity index (χ1v) is 8.86. The highest BCUT2D eigenvalue weighted by Gasteiger charge is 2.13. The number of halogens is 3. The van der Waals surface area contributed by atoms with Crippen LogP contribution in [0, 0.1) is 0 Å². The zero-order valence-electron chi connectivity index (χ0n) is 14.0. The van der Waals surface area contributed by atoms with Gasteiger partial charge in [0, 0.05) is 22.3 Å². The largest absolute Gasteiger partial charge is 0.411 e. The van der Waals surface area contributed by atoms with Crippen molar-refractivity contribution in [1.82, 2.24) is 9.97 Å². The fourth-order valence-electron chi connectivity index (χ4n) is 2.41. The second-order valence-corrected chi connectivity index (χ2v) is 6.86. The third kappa shape index (κ3) is 4.42. The zero-order valence-corrected chi connectivity index (χ0v) is 16.3. The predicted octanol–water partition coefficient (Wildman–Crippen LogP) is 5.63. The van der Waals surface area contributed by atoms with Crippen molar-refractivity contribution in [2.75, 3.05) is 11.1 Å². The number of rotatable bonds is 4. The summed E-state index contributed by atoms with van der Waals surface area (Å²) in [7, 11) is 0. The van der Waals surface area contributed by atoms with E-state index in [4.69, 9.17) is 45.7 Å². The molecule has 0 aliphatic heterocycles. The van der Waals surface area contributed by atoms with E-state index in [2.05, 4.69) is 20.4 Å². The fraction of sp³-hybridized carbons (Fsp3) is 0.0556. The van der Waals surface area contributed by atoms with E-state index in [-0.39, 0.29) is 5.95 Å². The molecule has 0 aliphatic carbocycles. The SMILES string of the molecule is C/C(=N/O)c1ccc(Nc2cc(-c3cc(Cl)cc(Cl)c3Cl)nc(N)n2)cc1. The van der Waals surface area contributed by atoms with E-state index >= 15 is 0 Å². The molecule has 6 nitrogen and oxygen atoms in total. The Morgan fingerprint density at radius 3 is 2.44 bits per heavy atom. The molecule has 1 heterocycles. The number of oxime groups is 1. The predicted molar refractivity (Wildman–Crippen MR) is 111 cm³/mol. The molecule has 1 aromatic heterocycles. The van der Waals surface area contributed by atoms with Crippen LogP contribution in [-0.4, -0.2) is 20.9 Å². The van der Waals surface area contributed by atoms with Crippen LogP contribution in [0.2, 0.25) is 15.1 Å². The third-order valence-electron chi connectivity index (χ3n) is 3.74. The van der Waals surface area contributed by atoms with Crippen LogP contribution in [-0.2, 0) is 0 Å². The molecule has 0 saturated carbocycles. The molecule has 0 spiro atoms. The molecule has 0 bridgehead atoms. The second-order valence-electron chi connectivity index (χ2n) is 5.63. The van der Waals surface area contributed by atoms with Crippen LogP contribution in [0.15, 0.2) is 47.6 Å². The monoisotopic (exact) mass is 421 g/mol. The van der Waals surface area contributed by atoms with Gasteiger partial charge in [-0.1, -0.05) is 52.1 Å². The van der Waals surface area contributed by atoms with Crippen LogP contribution in [0.1, 0.15) is 12.5 Å². The zero-order chi connectivity index (χ0) is 19.6.